The third-order valence-corrected chi connectivity index (χ3v) is 1.38. The number of hydrogen-bond acceptors (Lipinski definition) is 4. The maximum absolute atomic E-state index is 11.1. The summed E-state index contributed by atoms with van der Waals surface area (Å²) in [6, 6.07) is 0. The molecule has 0 saturated heterocycles. The highest BCUT2D eigenvalue weighted by Crippen LogP contribution is 2.06. The van der Waals surface area contributed by atoms with Gasteiger partial charge in [-0.05, 0) is 6.92 Å². The fraction of sp³-hybridized carbons (Fsp3) is 0.400. The molecule has 0 unspecified atom stereocenters. The molecule has 0 aliphatic heterocycles. The van der Waals surface area contributed by atoms with Crippen LogP contribution < -0.4 is 0 Å². The summed E-state index contributed by atoms with van der Waals surface area (Å²) in [5.41, 5.74) is 0.0652. The quantitative estimate of drug-likeness (QED) is 0.377. The fourth-order valence-electron chi connectivity index (χ4n) is 0.686. The van der Waals surface area contributed by atoms with E-state index in [0.717, 1.165) is 0 Å². The Labute approximate surface area is 82.9 Å². The summed E-state index contributed by atoms with van der Waals surface area (Å²) in [5, 5.41) is 0. The molecule has 14 heavy (non-hydrogen) atoms. The van der Waals surface area contributed by atoms with Gasteiger partial charge in [0, 0.05) is 6.92 Å². The minimum atomic E-state index is -0.697. The lowest BCUT2D eigenvalue weighted by molar-refractivity contribution is -0.146. The molecule has 0 aliphatic rings. The van der Waals surface area contributed by atoms with Crippen molar-refractivity contribution in [3.8, 4) is 12.3 Å². The Morgan fingerprint density at radius 3 is 2.57 bits per heavy atom. The van der Waals surface area contributed by atoms with Crippen molar-refractivity contribution < 1.29 is 19.1 Å². The molecule has 0 aromatic carbocycles. The molecule has 0 bridgehead atoms. The van der Waals surface area contributed by atoms with Gasteiger partial charge in [0.1, 0.15) is 6.10 Å². The lowest BCUT2D eigenvalue weighted by atomic mass is 10.2. The number of ether oxygens (including phenoxy) is 2. The molecule has 4 nitrogen and oxygen atoms in total. The molecule has 1 atom stereocenters. The third-order valence-electron chi connectivity index (χ3n) is 1.38. The van der Waals surface area contributed by atoms with Crippen molar-refractivity contribution in [2.45, 2.75) is 20.0 Å². The second kappa shape index (κ2) is 5.81. The highest BCUT2D eigenvalue weighted by molar-refractivity contribution is 5.89. The Morgan fingerprint density at radius 1 is 1.57 bits per heavy atom. The van der Waals surface area contributed by atoms with Crippen molar-refractivity contribution in [2.24, 2.45) is 0 Å². The number of carbonyl (C=O) groups is 2. The van der Waals surface area contributed by atoms with Crippen molar-refractivity contribution in [3.63, 3.8) is 0 Å². The largest absolute Gasteiger partial charge is 0.458 e. The Hall–Kier alpha value is -1.76. The van der Waals surface area contributed by atoms with E-state index in [9.17, 15) is 9.59 Å². The minimum absolute atomic E-state index is 0.0652. The van der Waals surface area contributed by atoms with Crippen LogP contribution in [-0.4, -0.2) is 24.6 Å². The Morgan fingerprint density at radius 2 is 2.14 bits per heavy atom. The second-order valence-corrected chi connectivity index (χ2v) is 2.56. The van der Waals surface area contributed by atoms with Gasteiger partial charge in [0.15, 0.2) is 6.61 Å². The molecule has 4 heteroatoms. The van der Waals surface area contributed by atoms with Crippen LogP contribution in [0.4, 0.5) is 0 Å². The zero-order valence-electron chi connectivity index (χ0n) is 8.20. The first-order chi connectivity index (χ1) is 6.49. The molecule has 0 aliphatic carbocycles. The normalized spacial score (nSPS) is 10.9. The number of esters is 2. The summed E-state index contributed by atoms with van der Waals surface area (Å²) in [6.07, 6.45) is 4.20. The van der Waals surface area contributed by atoms with Crippen LogP contribution in [0, 0.1) is 12.3 Å². The zero-order chi connectivity index (χ0) is 11.1. The number of hydrogen-bond donors (Lipinski definition) is 0. The topological polar surface area (TPSA) is 52.6 Å². The van der Waals surface area contributed by atoms with E-state index in [1.165, 1.54) is 13.8 Å². The van der Waals surface area contributed by atoms with Crippen molar-refractivity contribution in [3.05, 3.63) is 12.2 Å². The van der Waals surface area contributed by atoms with Crippen LogP contribution >= 0.6 is 0 Å². The van der Waals surface area contributed by atoms with E-state index < -0.39 is 18.0 Å². The van der Waals surface area contributed by atoms with Gasteiger partial charge in [-0.15, -0.1) is 6.42 Å². The molecule has 0 aromatic heterocycles. The molecule has 0 fully saturated rings. The van der Waals surface area contributed by atoms with Crippen molar-refractivity contribution in [2.75, 3.05) is 6.61 Å². The molecular formula is C10H12O4. The first-order valence-electron chi connectivity index (χ1n) is 3.95. The maximum atomic E-state index is 11.1. The minimum Gasteiger partial charge on any atom is -0.458 e. The molecular weight excluding hydrogens is 184 g/mol. The summed E-state index contributed by atoms with van der Waals surface area (Å²) in [4.78, 5) is 21.7. The molecule has 0 aromatic rings. The summed E-state index contributed by atoms with van der Waals surface area (Å²) in [6.45, 7) is 6.09. The molecule has 0 rings (SSSR count). The van der Waals surface area contributed by atoms with Gasteiger partial charge in [-0.25, -0.2) is 4.79 Å². The first-order valence-corrected chi connectivity index (χ1v) is 3.95. The third kappa shape index (κ3) is 4.31. The molecule has 0 radical (unpaired) electrons. The van der Waals surface area contributed by atoms with Gasteiger partial charge in [0.25, 0.3) is 0 Å². The van der Waals surface area contributed by atoms with Crippen molar-refractivity contribution >= 4 is 11.9 Å². The van der Waals surface area contributed by atoms with Crippen LogP contribution in [0.3, 0.4) is 0 Å². The number of carbonyl (C=O) groups excluding carboxylic acids is 2. The predicted molar refractivity (Wildman–Crippen MR) is 50.2 cm³/mol. The van der Waals surface area contributed by atoms with Gasteiger partial charge in [-0.1, -0.05) is 12.5 Å². The van der Waals surface area contributed by atoms with Crippen LogP contribution in [0.1, 0.15) is 13.8 Å². The molecule has 0 spiro atoms. The van der Waals surface area contributed by atoms with Gasteiger partial charge in [0.05, 0.1) is 5.57 Å². The Balaban J connectivity index is 4.12. The lowest BCUT2D eigenvalue weighted by Crippen LogP contribution is -2.21. The van der Waals surface area contributed by atoms with E-state index in [1.54, 1.807) is 0 Å². The van der Waals surface area contributed by atoms with Crippen LogP contribution in [-0.2, 0) is 19.1 Å². The van der Waals surface area contributed by atoms with E-state index in [2.05, 4.69) is 17.2 Å². The SMILES string of the molecule is C#CCOC(=O)C(=C)[C@@H](C)OC(C)=O. The predicted octanol–water partition coefficient (Wildman–Crippen LogP) is 0.671. The van der Waals surface area contributed by atoms with Crippen molar-refractivity contribution in [1.29, 1.82) is 0 Å². The Kier molecular flexibility index (Phi) is 5.08. The standard InChI is InChI=1S/C10H12O4/c1-5-6-13-10(12)7(2)8(3)14-9(4)11/h1,8H,2,6H2,3-4H3/t8-/m1/s1. The van der Waals surface area contributed by atoms with Crippen molar-refractivity contribution in [1.82, 2.24) is 0 Å². The van der Waals surface area contributed by atoms with Gasteiger partial charge in [-0.2, -0.15) is 0 Å². The fourth-order valence-corrected chi connectivity index (χ4v) is 0.686. The maximum Gasteiger partial charge on any atom is 0.338 e. The summed E-state index contributed by atoms with van der Waals surface area (Å²) >= 11 is 0. The molecule has 0 heterocycles. The second-order valence-electron chi connectivity index (χ2n) is 2.56. The van der Waals surface area contributed by atoms with E-state index in [0.29, 0.717) is 0 Å². The average Bonchev–Trinajstić information content (AvgIpc) is 2.11. The lowest BCUT2D eigenvalue weighted by Gasteiger charge is -2.12. The monoisotopic (exact) mass is 196 g/mol. The van der Waals surface area contributed by atoms with E-state index >= 15 is 0 Å². The van der Waals surface area contributed by atoms with Gasteiger partial charge >= 0.3 is 11.9 Å². The molecule has 0 amide bonds. The van der Waals surface area contributed by atoms with Gasteiger partial charge in [-0.3, -0.25) is 4.79 Å². The average molecular weight is 196 g/mol. The summed E-state index contributed by atoms with van der Waals surface area (Å²) < 4.78 is 9.31. The van der Waals surface area contributed by atoms with E-state index in [4.69, 9.17) is 11.2 Å². The molecule has 0 N–H and O–H groups in total. The van der Waals surface area contributed by atoms with E-state index in [1.807, 2.05) is 0 Å². The summed E-state index contributed by atoms with van der Waals surface area (Å²) in [5.74, 6) is 1.00. The Bertz CT molecular complexity index is 285. The summed E-state index contributed by atoms with van der Waals surface area (Å²) in [7, 11) is 0. The molecule has 0 saturated carbocycles. The highest BCUT2D eigenvalue weighted by Gasteiger charge is 2.17. The number of rotatable bonds is 4. The van der Waals surface area contributed by atoms with E-state index in [-0.39, 0.29) is 12.2 Å². The van der Waals surface area contributed by atoms with Gasteiger partial charge < -0.3 is 9.47 Å². The van der Waals surface area contributed by atoms with Crippen LogP contribution in [0.2, 0.25) is 0 Å². The van der Waals surface area contributed by atoms with Crippen LogP contribution in [0.5, 0.6) is 0 Å². The number of terminal acetylenes is 1. The van der Waals surface area contributed by atoms with Gasteiger partial charge in [0.2, 0.25) is 0 Å². The van der Waals surface area contributed by atoms with Crippen LogP contribution in [0.15, 0.2) is 12.2 Å². The highest BCUT2D eigenvalue weighted by atomic mass is 16.6. The molecule has 76 valence electrons. The smallest absolute Gasteiger partial charge is 0.338 e. The van der Waals surface area contributed by atoms with Crippen LogP contribution in [0.25, 0.3) is 0 Å². The zero-order valence-corrected chi connectivity index (χ0v) is 8.20. The first kappa shape index (κ1) is 12.2.